The lowest BCUT2D eigenvalue weighted by molar-refractivity contribution is 0.0764. The zero-order valence-electron chi connectivity index (χ0n) is 19.9. The molecule has 0 bridgehead atoms. The van der Waals surface area contributed by atoms with E-state index in [0.29, 0.717) is 0 Å². The highest BCUT2D eigenvalue weighted by Crippen LogP contribution is 2.55. The van der Waals surface area contributed by atoms with Crippen LogP contribution in [0.3, 0.4) is 0 Å². The lowest BCUT2D eigenvalue weighted by atomic mass is 9.77. The summed E-state index contributed by atoms with van der Waals surface area (Å²) in [6.07, 6.45) is 2.05. The minimum absolute atomic E-state index is 0.308. The van der Waals surface area contributed by atoms with Gasteiger partial charge >= 0.3 is 0 Å². The van der Waals surface area contributed by atoms with Crippen LogP contribution in [-0.2, 0) is 12.0 Å². The van der Waals surface area contributed by atoms with Crippen molar-refractivity contribution in [1.29, 1.82) is 0 Å². The Morgan fingerprint density at radius 1 is 0.743 bits per heavy atom. The minimum atomic E-state index is -0.732. The molecule has 0 amide bonds. The summed E-state index contributed by atoms with van der Waals surface area (Å²) in [7, 11) is 0. The van der Waals surface area contributed by atoms with Crippen molar-refractivity contribution < 1.29 is 4.74 Å². The van der Waals surface area contributed by atoms with Crippen molar-refractivity contribution in [2.24, 2.45) is 4.99 Å². The van der Waals surface area contributed by atoms with E-state index in [9.17, 15) is 0 Å². The van der Waals surface area contributed by atoms with E-state index in [0.717, 1.165) is 23.4 Å². The molecule has 2 heterocycles. The van der Waals surface area contributed by atoms with E-state index in [4.69, 9.17) is 9.73 Å². The van der Waals surface area contributed by atoms with E-state index >= 15 is 0 Å². The van der Waals surface area contributed by atoms with Gasteiger partial charge in [-0.1, -0.05) is 78.9 Å². The zero-order valence-corrected chi connectivity index (χ0v) is 19.9. The molecule has 3 heteroatoms. The molecule has 0 unspecified atom stereocenters. The molecular weight excluding hydrogens is 428 g/mol. The number of benzene rings is 5. The van der Waals surface area contributed by atoms with Crippen molar-refractivity contribution in [1.82, 2.24) is 0 Å². The maximum absolute atomic E-state index is 7.06. The van der Waals surface area contributed by atoms with E-state index in [2.05, 4.69) is 122 Å². The molecule has 1 spiro atoms. The van der Waals surface area contributed by atoms with E-state index in [1.54, 1.807) is 0 Å². The average Bonchev–Trinajstić information content (AvgIpc) is 3.06. The number of ether oxygens (including phenoxy) is 1. The van der Waals surface area contributed by atoms with Crippen molar-refractivity contribution in [2.75, 3.05) is 4.90 Å². The molecule has 0 saturated carbocycles. The van der Waals surface area contributed by atoms with Crippen LogP contribution >= 0.6 is 0 Å². The first-order valence-corrected chi connectivity index (χ1v) is 12.2. The summed E-state index contributed by atoms with van der Waals surface area (Å²) < 4.78 is 7.06. The maximum atomic E-state index is 7.06. The predicted molar refractivity (Wildman–Crippen MR) is 145 cm³/mol. The molecule has 5 aromatic carbocycles. The van der Waals surface area contributed by atoms with Crippen molar-refractivity contribution in [3.05, 3.63) is 114 Å². The number of para-hydroxylation sites is 1. The minimum Gasteiger partial charge on any atom is -0.459 e. The maximum Gasteiger partial charge on any atom is 0.229 e. The van der Waals surface area contributed by atoms with E-state index in [1.807, 2.05) is 6.21 Å². The van der Waals surface area contributed by atoms with Crippen LogP contribution < -0.4 is 9.64 Å². The SMILES string of the molecule is CC1(C)c2ccccc2N(Cc2ccccc2)[C@]12C=Nc1c(ccc3cc4ccccc4cc13)O2. The van der Waals surface area contributed by atoms with Gasteiger partial charge in [-0.25, -0.2) is 0 Å². The van der Waals surface area contributed by atoms with Gasteiger partial charge in [0.1, 0.15) is 11.4 Å². The van der Waals surface area contributed by atoms with Crippen molar-refractivity contribution in [2.45, 2.75) is 31.5 Å². The quantitative estimate of drug-likeness (QED) is 0.254. The first-order valence-electron chi connectivity index (χ1n) is 12.2. The molecule has 5 aromatic rings. The molecule has 2 aliphatic rings. The highest BCUT2D eigenvalue weighted by atomic mass is 16.5. The topological polar surface area (TPSA) is 24.8 Å². The number of nitrogens with zero attached hydrogens (tertiary/aromatic N) is 2. The highest BCUT2D eigenvalue weighted by molar-refractivity contribution is 6.06. The fourth-order valence-electron chi connectivity index (χ4n) is 5.87. The smallest absolute Gasteiger partial charge is 0.229 e. The molecule has 0 N–H and O–H groups in total. The number of hydrogen-bond donors (Lipinski definition) is 0. The number of anilines is 1. The first-order chi connectivity index (χ1) is 17.1. The summed E-state index contributed by atoms with van der Waals surface area (Å²) in [5, 5.41) is 4.74. The normalized spacial score (nSPS) is 19.7. The van der Waals surface area contributed by atoms with Crippen molar-refractivity contribution in [3.8, 4) is 5.75 Å². The van der Waals surface area contributed by atoms with Crippen LogP contribution in [0.5, 0.6) is 5.75 Å². The van der Waals surface area contributed by atoms with Gasteiger partial charge in [-0.05, 0) is 65.4 Å². The Labute approximate surface area is 205 Å². The molecule has 0 radical (unpaired) electrons. The Balaban J connectivity index is 1.41. The summed E-state index contributed by atoms with van der Waals surface area (Å²) in [6.45, 7) is 5.27. The van der Waals surface area contributed by atoms with Crippen LogP contribution in [0.2, 0.25) is 0 Å². The predicted octanol–water partition coefficient (Wildman–Crippen LogP) is 7.78. The largest absolute Gasteiger partial charge is 0.459 e. The van der Waals surface area contributed by atoms with Gasteiger partial charge in [-0.15, -0.1) is 0 Å². The summed E-state index contributed by atoms with van der Waals surface area (Å²) in [6, 6.07) is 36.4. The number of fused-ring (bicyclic) bond motifs is 5. The standard InChI is InChI=1S/C32H26N2O/c1-31(2)27-14-8-9-15-28(27)34(20-22-10-4-3-5-11-22)32(31)21-33-30-26-19-24-13-7-6-12-23(24)18-25(26)16-17-29(30)35-32/h3-19,21H,20H2,1-2H3/t32-/m0/s1. The number of hydrogen-bond acceptors (Lipinski definition) is 3. The van der Waals surface area contributed by atoms with Gasteiger partial charge in [0.2, 0.25) is 5.72 Å². The second kappa shape index (κ2) is 7.19. The van der Waals surface area contributed by atoms with Crippen LogP contribution in [-0.4, -0.2) is 11.9 Å². The third-order valence-corrected chi connectivity index (χ3v) is 7.80. The van der Waals surface area contributed by atoms with Gasteiger partial charge in [-0.2, -0.15) is 0 Å². The van der Waals surface area contributed by atoms with Crippen LogP contribution in [0.1, 0.15) is 25.0 Å². The Hall–Kier alpha value is -4.11. The molecule has 170 valence electrons. The molecule has 35 heavy (non-hydrogen) atoms. The number of rotatable bonds is 2. The van der Waals surface area contributed by atoms with E-state index in [1.165, 1.54) is 33.0 Å². The molecule has 0 fully saturated rings. The zero-order chi connectivity index (χ0) is 23.6. The summed E-state index contributed by atoms with van der Waals surface area (Å²) >= 11 is 0. The van der Waals surface area contributed by atoms with Crippen molar-refractivity contribution in [3.63, 3.8) is 0 Å². The van der Waals surface area contributed by atoms with Crippen LogP contribution in [0.4, 0.5) is 11.4 Å². The molecule has 0 saturated heterocycles. The van der Waals surface area contributed by atoms with Crippen LogP contribution in [0.15, 0.2) is 108 Å². The molecular formula is C32H26N2O. The third-order valence-electron chi connectivity index (χ3n) is 7.80. The first kappa shape index (κ1) is 20.3. The van der Waals surface area contributed by atoms with E-state index in [-0.39, 0.29) is 5.41 Å². The van der Waals surface area contributed by atoms with Gasteiger partial charge in [0.25, 0.3) is 0 Å². The summed E-state index contributed by atoms with van der Waals surface area (Å²) in [5.41, 5.74) is 3.58. The Morgan fingerprint density at radius 2 is 1.46 bits per heavy atom. The Morgan fingerprint density at radius 3 is 2.29 bits per heavy atom. The highest BCUT2D eigenvalue weighted by Gasteiger charge is 2.59. The Bertz CT molecular complexity index is 1640. The van der Waals surface area contributed by atoms with Crippen LogP contribution in [0, 0.1) is 0 Å². The van der Waals surface area contributed by atoms with Gasteiger partial charge in [0.05, 0.1) is 11.6 Å². The number of aliphatic imine (C=N–C) groups is 1. The van der Waals surface area contributed by atoms with E-state index < -0.39 is 5.72 Å². The molecule has 7 rings (SSSR count). The molecule has 2 aliphatic heterocycles. The molecule has 0 aromatic heterocycles. The Kier molecular flexibility index (Phi) is 4.17. The molecule has 1 atom stereocenters. The lowest BCUT2D eigenvalue weighted by Gasteiger charge is -2.46. The fraction of sp³-hybridized carbons (Fsp3) is 0.156. The van der Waals surface area contributed by atoms with Gasteiger partial charge < -0.3 is 9.64 Å². The third kappa shape index (κ3) is 2.81. The fourth-order valence-corrected chi connectivity index (χ4v) is 5.87. The van der Waals surface area contributed by atoms with Crippen LogP contribution in [0.25, 0.3) is 21.5 Å². The van der Waals surface area contributed by atoms with Gasteiger partial charge in [-0.3, -0.25) is 4.99 Å². The summed E-state index contributed by atoms with van der Waals surface area (Å²) in [5.74, 6) is 0.828. The monoisotopic (exact) mass is 454 g/mol. The van der Waals surface area contributed by atoms with Gasteiger partial charge in [0.15, 0.2) is 0 Å². The molecule has 3 nitrogen and oxygen atoms in total. The second-order valence-corrected chi connectivity index (χ2v) is 10.1. The lowest BCUT2D eigenvalue weighted by Crippen LogP contribution is -2.61. The van der Waals surface area contributed by atoms with Gasteiger partial charge in [0, 0.05) is 17.6 Å². The van der Waals surface area contributed by atoms with Crippen molar-refractivity contribution >= 4 is 39.1 Å². The summed E-state index contributed by atoms with van der Waals surface area (Å²) in [4.78, 5) is 7.53. The second-order valence-electron chi connectivity index (χ2n) is 10.1. The molecule has 0 aliphatic carbocycles. The average molecular weight is 455 g/mol.